The lowest BCUT2D eigenvalue weighted by Gasteiger charge is -2.36. The Kier molecular flexibility index (Phi) is 4.94. The van der Waals surface area contributed by atoms with E-state index in [1.54, 1.807) is 18.3 Å². The minimum atomic E-state index is -0.474. The number of likely N-dealkylation sites (tertiary alicyclic amines) is 1. The SMILES string of the molecule is CC1(C)CCN(CC(=O)N2CCN(c3ncccc3C(N)=O)CC2)C1. The van der Waals surface area contributed by atoms with Crippen molar-refractivity contribution in [2.24, 2.45) is 11.1 Å². The molecule has 0 aromatic carbocycles. The third-order valence-electron chi connectivity index (χ3n) is 5.10. The van der Waals surface area contributed by atoms with Gasteiger partial charge in [0, 0.05) is 38.9 Å². The highest BCUT2D eigenvalue weighted by atomic mass is 16.2. The fourth-order valence-corrected chi connectivity index (χ4v) is 3.66. The normalized spacial score (nSPS) is 20.7. The van der Waals surface area contributed by atoms with Crippen LogP contribution in [0.2, 0.25) is 0 Å². The Morgan fingerprint density at radius 2 is 1.92 bits per heavy atom. The lowest BCUT2D eigenvalue weighted by Crippen LogP contribution is -2.51. The predicted octanol–water partition coefficient (Wildman–Crippen LogP) is 0.561. The number of hydrogen-bond acceptors (Lipinski definition) is 5. The summed E-state index contributed by atoms with van der Waals surface area (Å²) in [7, 11) is 0. The zero-order valence-electron chi connectivity index (χ0n) is 15.1. The molecule has 7 heteroatoms. The number of amides is 2. The van der Waals surface area contributed by atoms with Crippen LogP contribution < -0.4 is 10.6 Å². The van der Waals surface area contributed by atoms with Crippen LogP contribution >= 0.6 is 0 Å². The Morgan fingerprint density at radius 1 is 1.20 bits per heavy atom. The molecule has 1 aromatic rings. The summed E-state index contributed by atoms with van der Waals surface area (Å²) >= 11 is 0. The number of hydrogen-bond donors (Lipinski definition) is 1. The van der Waals surface area contributed by atoms with Gasteiger partial charge in [-0.1, -0.05) is 13.8 Å². The summed E-state index contributed by atoms with van der Waals surface area (Å²) < 4.78 is 0. The number of aromatic nitrogens is 1. The molecule has 0 aliphatic carbocycles. The lowest BCUT2D eigenvalue weighted by atomic mass is 9.93. The van der Waals surface area contributed by atoms with E-state index in [0.717, 1.165) is 19.5 Å². The summed E-state index contributed by atoms with van der Waals surface area (Å²) in [5.41, 5.74) is 6.18. The number of nitrogens with two attached hydrogens (primary N) is 1. The second-order valence-electron chi connectivity index (χ2n) is 7.73. The summed E-state index contributed by atoms with van der Waals surface area (Å²) in [6.07, 6.45) is 2.80. The maximum absolute atomic E-state index is 12.6. The van der Waals surface area contributed by atoms with Gasteiger partial charge in [-0.15, -0.1) is 0 Å². The topological polar surface area (TPSA) is 82.8 Å². The second kappa shape index (κ2) is 7.00. The largest absolute Gasteiger partial charge is 0.365 e. The summed E-state index contributed by atoms with van der Waals surface area (Å²) in [5, 5.41) is 0. The molecule has 25 heavy (non-hydrogen) atoms. The van der Waals surface area contributed by atoms with E-state index >= 15 is 0 Å². The maximum atomic E-state index is 12.6. The average Bonchev–Trinajstić information content (AvgIpc) is 2.93. The number of nitrogens with zero attached hydrogens (tertiary/aromatic N) is 4. The van der Waals surface area contributed by atoms with Crippen LogP contribution in [0.1, 0.15) is 30.6 Å². The Balaban J connectivity index is 1.55. The van der Waals surface area contributed by atoms with E-state index in [4.69, 9.17) is 5.73 Å². The van der Waals surface area contributed by atoms with Gasteiger partial charge in [-0.25, -0.2) is 4.98 Å². The molecule has 3 heterocycles. The molecule has 136 valence electrons. The van der Waals surface area contributed by atoms with Gasteiger partial charge in [-0.2, -0.15) is 0 Å². The monoisotopic (exact) mass is 345 g/mol. The number of pyridine rings is 1. The van der Waals surface area contributed by atoms with E-state index < -0.39 is 5.91 Å². The first-order chi connectivity index (χ1) is 11.9. The number of piperazine rings is 1. The smallest absolute Gasteiger partial charge is 0.252 e. The molecule has 0 atom stereocenters. The first kappa shape index (κ1) is 17.7. The van der Waals surface area contributed by atoms with E-state index in [9.17, 15) is 9.59 Å². The highest BCUT2D eigenvalue weighted by Crippen LogP contribution is 2.28. The predicted molar refractivity (Wildman–Crippen MR) is 96.4 cm³/mol. The molecule has 0 saturated carbocycles. The molecule has 2 amide bonds. The lowest BCUT2D eigenvalue weighted by molar-refractivity contribution is -0.132. The number of carbonyl (C=O) groups excluding carboxylic acids is 2. The van der Waals surface area contributed by atoms with Crippen LogP contribution in [0.5, 0.6) is 0 Å². The van der Waals surface area contributed by atoms with E-state index in [0.29, 0.717) is 49.5 Å². The second-order valence-corrected chi connectivity index (χ2v) is 7.73. The van der Waals surface area contributed by atoms with Crippen molar-refractivity contribution in [3.63, 3.8) is 0 Å². The van der Waals surface area contributed by atoms with Crippen LogP contribution in [-0.2, 0) is 4.79 Å². The molecule has 0 unspecified atom stereocenters. The third-order valence-corrected chi connectivity index (χ3v) is 5.10. The van der Waals surface area contributed by atoms with Crippen molar-refractivity contribution in [1.82, 2.24) is 14.8 Å². The van der Waals surface area contributed by atoms with E-state index in [1.807, 2.05) is 9.80 Å². The zero-order valence-corrected chi connectivity index (χ0v) is 15.1. The van der Waals surface area contributed by atoms with E-state index in [-0.39, 0.29) is 5.91 Å². The van der Waals surface area contributed by atoms with Crippen molar-refractivity contribution >= 4 is 17.6 Å². The third kappa shape index (κ3) is 4.10. The first-order valence-corrected chi connectivity index (χ1v) is 8.86. The molecular formula is C18H27N5O2. The van der Waals surface area contributed by atoms with Gasteiger partial charge in [0.15, 0.2) is 0 Å². The molecule has 0 spiro atoms. The van der Waals surface area contributed by atoms with Crippen LogP contribution in [0.15, 0.2) is 18.3 Å². The Labute approximate surface area is 148 Å². The van der Waals surface area contributed by atoms with Crippen molar-refractivity contribution in [3.8, 4) is 0 Å². The summed E-state index contributed by atoms with van der Waals surface area (Å²) in [6.45, 7) is 9.58. The number of rotatable bonds is 4. The maximum Gasteiger partial charge on any atom is 0.252 e. The van der Waals surface area contributed by atoms with Gasteiger partial charge in [0.25, 0.3) is 5.91 Å². The summed E-state index contributed by atoms with van der Waals surface area (Å²) in [5.74, 6) is 0.329. The quantitative estimate of drug-likeness (QED) is 0.862. The van der Waals surface area contributed by atoms with Gasteiger partial charge >= 0.3 is 0 Å². The highest BCUT2D eigenvalue weighted by molar-refractivity contribution is 5.97. The highest BCUT2D eigenvalue weighted by Gasteiger charge is 2.32. The Bertz CT molecular complexity index is 653. The van der Waals surface area contributed by atoms with Crippen molar-refractivity contribution in [2.75, 3.05) is 50.7 Å². The average molecular weight is 345 g/mol. The minimum absolute atomic E-state index is 0.188. The molecule has 1 aromatic heterocycles. The summed E-state index contributed by atoms with van der Waals surface area (Å²) in [4.78, 5) is 34.6. The number of primary amides is 1. The van der Waals surface area contributed by atoms with Crippen LogP contribution in [0, 0.1) is 5.41 Å². The molecule has 2 aliphatic heterocycles. The molecule has 0 radical (unpaired) electrons. The molecule has 2 fully saturated rings. The molecule has 7 nitrogen and oxygen atoms in total. The van der Waals surface area contributed by atoms with Gasteiger partial charge in [0.05, 0.1) is 12.1 Å². The van der Waals surface area contributed by atoms with Gasteiger partial charge in [-0.3, -0.25) is 14.5 Å². The van der Waals surface area contributed by atoms with Crippen LogP contribution in [0.3, 0.4) is 0 Å². The molecule has 2 aliphatic rings. The van der Waals surface area contributed by atoms with Crippen molar-refractivity contribution in [3.05, 3.63) is 23.9 Å². The van der Waals surface area contributed by atoms with Crippen molar-refractivity contribution in [2.45, 2.75) is 20.3 Å². The molecule has 0 bridgehead atoms. The standard InChI is InChI=1S/C18H27N5O2/c1-18(2)5-7-21(13-18)12-15(24)22-8-10-23(11-9-22)17-14(16(19)25)4-3-6-20-17/h3-4,6H,5,7-13H2,1-2H3,(H2,19,25). The Hall–Kier alpha value is -2.15. The van der Waals surface area contributed by atoms with Gasteiger partial charge in [-0.05, 0) is 30.5 Å². The van der Waals surface area contributed by atoms with Gasteiger partial charge in [0.2, 0.25) is 5.91 Å². The molecule has 2 N–H and O–H groups in total. The Morgan fingerprint density at radius 3 is 2.52 bits per heavy atom. The van der Waals surface area contributed by atoms with Crippen molar-refractivity contribution < 1.29 is 9.59 Å². The van der Waals surface area contributed by atoms with Crippen LogP contribution in [0.25, 0.3) is 0 Å². The van der Waals surface area contributed by atoms with Crippen molar-refractivity contribution in [1.29, 1.82) is 0 Å². The first-order valence-electron chi connectivity index (χ1n) is 8.86. The van der Waals surface area contributed by atoms with E-state index in [2.05, 4.69) is 23.7 Å². The van der Waals surface area contributed by atoms with Gasteiger partial charge in [0.1, 0.15) is 5.82 Å². The molecular weight excluding hydrogens is 318 g/mol. The van der Waals surface area contributed by atoms with Crippen LogP contribution in [-0.4, -0.2) is 72.4 Å². The summed E-state index contributed by atoms with van der Waals surface area (Å²) in [6, 6.07) is 3.40. The minimum Gasteiger partial charge on any atom is -0.365 e. The van der Waals surface area contributed by atoms with Crippen LogP contribution in [0.4, 0.5) is 5.82 Å². The fraction of sp³-hybridized carbons (Fsp3) is 0.611. The zero-order chi connectivity index (χ0) is 18.0. The number of anilines is 1. The van der Waals surface area contributed by atoms with E-state index in [1.165, 1.54) is 0 Å². The van der Waals surface area contributed by atoms with Gasteiger partial charge < -0.3 is 15.5 Å². The number of carbonyl (C=O) groups is 2. The fourth-order valence-electron chi connectivity index (χ4n) is 3.66. The molecule has 3 rings (SSSR count). The molecule has 2 saturated heterocycles.